The Balaban J connectivity index is 1.80. The predicted octanol–water partition coefficient (Wildman–Crippen LogP) is 3.27. The Labute approximate surface area is 170 Å². The summed E-state index contributed by atoms with van der Waals surface area (Å²) in [4.78, 5) is 35.4. The molecule has 0 aromatic heterocycles. The highest BCUT2D eigenvalue weighted by Gasteiger charge is 2.10. The summed E-state index contributed by atoms with van der Waals surface area (Å²) in [5.74, 6) is -1.01. The van der Waals surface area contributed by atoms with E-state index < -0.39 is 5.97 Å². The number of hydrogen-bond donors (Lipinski definition) is 2. The lowest BCUT2D eigenvalue weighted by Crippen LogP contribution is -2.21. The topological polar surface area (TPSA) is 96.9 Å². The van der Waals surface area contributed by atoms with Crippen molar-refractivity contribution >= 4 is 29.7 Å². The number of hydrogen-bond acceptors (Lipinski definition) is 5. The summed E-state index contributed by atoms with van der Waals surface area (Å²) in [6, 6.07) is 10.6. The molecule has 7 nitrogen and oxygen atoms in total. The number of nitrogens with one attached hydrogen (secondary N) is 2. The fourth-order valence-electron chi connectivity index (χ4n) is 2.86. The third-order valence-electron chi connectivity index (χ3n) is 4.26. The van der Waals surface area contributed by atoms with Gasteiger partial charge in [-0.05, 0) is 49.6 Å². The molecule has 0 aliphatic heterocycles. The van der Waals surface area contributed by atoms with Crippen LogP contribution in [0.2, 0.25) is 0 Å². The summed E-state index contributed by atoms with van der Waals surface area (Å²) < 4.78 is 4.63. The highest BCUT2D eigenvalue weighted by Crippen LogP contribution is 2.22. The number of ether oxygens (including phenoxy) is 1. The Kier molecular flexibility index (Phi) is 7.65. The maximum Gasteiger partial charge on any atom is 0.337 e. The molecule has 0 aliphatic rings. The molecule has 0 spiro atoms. The van der Waals surface area contributed by atoms with Gasteiger partial charge in [0.1, 0.15) is 0 Å². The van der Waals surface area contributed by atoms with Crippen LogP contribution in [0.1, 0.15) is 45.5 Å². The first-order chi connectivity index (χ1) is 13.8. The molecule has 0 saturated heterocycles. The van der Waals surface area contributed by atoms with E-state index in [2.05, 4.69) is 20.6 Å². The molecule has 2 amide bonds. The quantitative estimate of drug-likeness (QED) is 0.427. The van der Waals surface area contributed by atoms with Gasteiger partial charge in [0, 0.05) is 18.5 Å². The van der Waals surface area contributed by atoms with Crippen LogP contribution in [0, 0.1) is 20.8 Å². The van der Waals surface area contributed by atoms with Gasteiger partial charge in [0.05, 0.1) is 18.9 Å². The van der Waals surface area contributed by atoms with E-state index in [0.717, 1.165) is 22.4 Å². The molecule has 0 radical (unpaired) electrons. The van der Waals surface area contributed by atoms with Gasteiger partial charge in [-0.15, -0.1) is 0 Å². The summed E-state index contributed by atoms with van der Waals surface area (Å²) in [6.45, 7) is 5.88. The maximum atomic E-state index is 12.1. The van der Waals surface area contributed by atoms with Gasteiger partial charge in [0.15, 0.2) is 0 Å². The number of nitrogens with zero attached hydrogens (tertiary/aromatic N) is 1. The van der Waals surface area contributed by atoms with Gasteiger partial charge in [-0.1, -0.05) is 29.8 Å². The predicted molar refractivity (Wildman–Crippen MR) is 112 cm³/mol. The molecule has 7 heteroatoms. The Morgan fingerprint density at radius 1 is 0.966 bits per heavy atom. The first kappa shape index (κ1) is 21.8. The van der Waals surface area contributed by atoms with Crippen LogP contribution in [0.25, 0.3) is 0 Å². The van der Waals surface area contributed by atoms with E-state index in [1.807, 2.05) is 32.9 Å². The van der Waals surface area contributed by atoms with Crippen molar-refractivity contribution in [2.24, 2.45) is 5.10 Å². The SMILES string of the molecule is COC(=O)c1ccc(/C=N/NC(=O)CCC(=O)Nc2c(C)cc(C)cc2C)cc1. The monoisotopic (exact) mass is 395 g/mol. The first-order valence-electron chi connectivity index (χ1n) is 9.18. The second kappa shape index (κ2) is 10.2. The van der Waals surface area contributed by atoms with Crippen LogP contribution >= 0.6 is 0 Å². The Morgan fingerprint density at radius 3 is 2.14 bits per heavy atom. The lowest BCUT2D eigenvalue weighted by Gasteiger charge is -2.12. The van der Waals surface area contributed by atoms with Gasteiger partial charge >= 0.3 is 5.97 Å². The average Bonchev–Trinajstić information content (AvgIpc) is 2.69. The molecule has 0 saturated carbocycles. The fraction of sp³-hybridized carbons (Fsp3) is 0.273. The minimum absolute atomic E-state index is 0.0222. The molecule has 2 aromatic carbocycles. The van der Waals surface area contributed by atoms with Gasteiger partial charge < -0.3 is 10.1 Å². The number of hydrazone groups is 1. The van der Waals surface area contributed by atoms with Crippen LogP contribution in [0.5, 0.6) is 0 Å². The summed E-state index contributed by atoms with van der Waals surface area (Å²) in [7, 11) is 1.32. The molecule has 29 heavy (non-hydrogen) atoms. The first-order valence-corrected chi connectivity index (χ1v) is 9.18. The Morgan fingerprint density at radius 2 is 1.55 bits per heavy atom. The van der Waals surface area contributed by atoms with Crippen LogP contribution in [-0.2, 0) is 14.3 Å². The number of esters is 1. The van der Waals surface area contributed by atoms with Crippen molar-refractivity contribution in [3.8, 4) is 0 Å². The molecule has 0 atom stereocenters. The van der Waals surface area contributed by atoms with Gasteiger partial charge in [-0.2, -0.15) is 5.10 Å². The molecular formula is C22H25N3O4. The van der Waals surface area contributed by atoms with Crippen molar-refractivity contribution in [3.63, 3.8) is 0 Å². The molecule has 0 bridgehead atoms. The molecule has 0 heterocycles. The van der Waals surface area contributed by atoms with Crippen LogP contribution in [0.4, 0.5) is 5.69 Å². The van der Waals surface area contributed by atoms with E-state index in [1.165, 1.54) is 13.3 Å². The number of rotatable bonds is 7. The van der Waals surface area contributed by atoms with E-state index in [4.69, 9.17) is 0 Å². The molecule has 2 N–H and O–H groups in total. The van der Waals surface area contributed by atoms with E-state index in [-0.39, 0.29) is 24.7 Å². The van der Waals surface area contributed by atoms with Crippen molar-refractivity contribution in [3.05, 3.63) is 64.2 Å². The summed E-state index contributed by atoms with van der Waals surface area (Å²) >= 11 is 0. The highest BCUT2D eigenvalue weighted by molar-refractivity contribution is 5.95. The Bertz CT molecular complexity index is 911. The second-order valence-corrected chi connectivity index (χ2v) is 6.73. The summed E-state index contributed by atoms with van der Waals surface area (Å²) in [5.41, 5.74) is 7.43. The molecule has 0 fully saturated rings. The second-order valence-electron chi connectivity index (χ2n) is 6.73. The smallest absolute Gasteiger partial charge is 0.337 e. The van der Waals surface area contributed by atoms with Crippen LogP contribution in [0.3, 0.4) is 0 Å². The molecule has 0 unspecified atom stereocenters. The zero-order valence-corrected chi connectivity index (χ0v) is 17.0. The minimum Gasteiger partial charge on any atom is -0.465 e. The fourth-order valence-corrected chi connectivity index (χ4v) is 2.86. The molecule has 152 valence electrons. The normalized spacial score (nSPS) is 10.6. The molecule has 0 aliphatic carbocycles. The number of anilines is 1. The van der Waals surface area contributed by atoms with Crippen molar-refractivity contribution in [2.45, 2.75) is 33.6 Å². The zero-order chi connectivity index (χ0) is 21.4. The molecule has 2 aromatic rings. The van der Waals surface area contributed by atoms with Gasteiger partial charge in [0.2, 0.25) is 11.8 Å². The van der Waals surface area contributed by atoms with E-state index >= 15 is 0 Å². The third kappa shape index (κ3) is 6.57. The van der Waals surface area contributed by atoms with Gasteiger partial charge in [-0.25, -0.2) is 10.2 Å². The number of amides is 2. The number of benzene rings is 2. The Hall–Kier alpha value is -3.48. The third-order valence-corrected chi connectivity index (χ3v) is 4.26. The summed E-state index contributed by atoms with van der Waals surface area (Å²) in [6.07, 6.45) is 1.54. The highest BCUT2D eigenvalue weighted by atomic mass is 16.5. The van der Waals surface area contributed by atoms with Crippen LogP contribution in [-0.4, -0.2) is 31.1 Å². The standard InChI is InChI=1S/C22H25N3O4/c1-14-11-15(2)21(16(3)12-14)24-19(26)9-10-20(27)25-23-13-17-5-7-18(8-6-17)22(28)29-4/h5-8,11-13H,9-10H2,1-4H3,(H,24,26)(H,25,27)/b23-13+. The maximum absolute atomic E-state index is 12.1. The summed E-state index contributed by atoms with van der Waals surface area (Å²) in [5, 5.41) is 6.73. The van der Waals surface area contributed by atoms with Crippen molar-refractivity contribution < 1.29 is 19.1 Å². The number of carbonyl (C=O) groups excluding carboxylic acids is 3. The van der Waals surface area contributed by atoms with Crippen LogP contribution < -0.4 is 10.7 Å². The van der Waals surface area contributed by atoms with Crippen LogP contribution in [0.15, 0.2) is 41.5 Å². The number of aryl methyl sites for hydroxylation is 3. The number of carbonyl (C=O) groups is 3. The molecular weight excluding hydrogens is 370 g/mol. The minimum atomic E-state index is -0.420. The molecule has 2 rings (SSSR count). The van der Waals surface area contributed by atoms with Gasteiger partial charge in [0.25, 0.3) is 0 Å². The number of methoxy groups -OCH3 is 1. The lowest BCUT2D eigenvalue weighted by molar-refractivity contribution is -0.124. The average molecular weight is 395 g/mol. The lowest BCUT2D eigenvalue weighted by atomic mass is 10.0. The van der Waals surface area contributed by atoms with Crippen molar-refractivity contribution in [2.75, 3.05) is 12.4 Å². The van der Waals surface area contributed by atoms with Crippen molar-refractivity contribution in [1.82, 2.24) is 5.43 Å². The largest absolute Gasteiger partial charge is 0.465 e. The van der Waals surface area contributed by atoms with E-state index in [0.29, 0.717) is 11.1 Å². The van der Waals surface area contributed by atoms with E-state index in [1.54, 1.807) is 24.3 Å². The van der Waals surface area contributed by atoms with E-state index in [9.17, 15) is 14.4 Å². The van der Waals surface area contributed by atoms with Gasteiger partial charge in [-0.3, -0.25) is 9.59 Å². The zero-order valence-electron chi connectivity index (χ0n) is 17.0. The van der Waals surface area contributed by atoms with Crippen molar-refractivity contribution in [1.29, 1.82) is 0 Å².